The zero-order valence-electron chi connectivity index (χ0n) is 10.7. The number of carboxylic acid groups (broad SMARTS) is 1. The largest absolute Gasteiger partial charge is 0.480 e. The summed E-state index contributed by atoms with van der Waals surface area (Å²) < 4.78 is 5.20. The molecule has 0 aromatic heterocycles. The van der Waals surface area contributed by atoms with Gasteiger partial charge < -0.3 is 20.1 Å². The van der Waals surface area contributed by atoms with Crippen molar-refractivity contribution < 1.29 is 19.4 Å². The van der Waals surface area contributed by atoms with Gasteiger partial charge in [0.2, 0.25) is 0 Å². The average Bonchev–Trinajstić information content (AvgIpc) is 2.36. The lowest BCUT2D eigenvalue weighted by Crippen LogP contribution is -2.55. The minimum atomic E-state index is -0.949. The van der Waals surface area contributed by atoms with Crippen LogP contribution in [0.1, 0.15) is 13.8 Å². The van der Waals surface area contributed by atoms with Gasteiger partial charge in [-0.2, -0.15) is 11.8 Å². The van der Waals surface area contributed by atoms with Crippen LogP contribution in [0.25, 0.3) is 0 Å². The molecule has 2 unspecified atom stereocenters. The molecule has 18 heavy (non-hydrogen) atoms. The molecule has 0 spiro atoms. The normalized spacial score (nSPS) is 21.4. The van der Waals surface area contributed by atoms with Crippen LogP contribution in [-0.2, 0) is 9.53 Å². The van der Waals surface area contributed by atoms with Crippen molar-refractivity contribution in [3.05, 3.63) is 0 Å². The Balaban J connectivity index is 2.50. The van der Waals surface area contributed by atoms with E-state index in [0.29, 0.717) is 25.5 Å². The number of thioether (sulfide) groups is 1. The second-order valence-electron chi connectivity index (χ2n) is 4.13. The molecule has 1 aliphatic rings. The molecule has 2 amide bonds. The lowest BCUT2D eigenvalue weighted by atomic mass is 10.3. The van der Waals surface area contributed by atoms with Gasteiger partial charge in [-0.05, 0) is 13.8 Å². The second kappa shape index (κ2) is 7.48. The Hall–Kier alpha value is -0.950. The summed E-state index contributed by atoms with van der Waals surface area (Å²) in [4.78, 5) is 24.4. The van der Waals surface area contributed by atoms with E-state index in [0.717, 1.165) is 5.75 Å². The van der Waals surface area contributed by atoms with Gasteiger partial charge in [0.15, 0.2) is 0 Å². The minimum absolute atomic E-state index is 0.124. The summed E-state index contributed by atoms with van der Waals surface area (Å²) in [5.74, 6) is 0.273. The number of hydrogen-bond acceptors (Lipinski definition) is 4. The first-order valence-corrected chi connectivity index (χ1v) is 7.17. The quantitative estimate of drug-likeness (QED) is 0.769. The van der Waals surface area contributed by atoms with Crippen LogP contribution in [0, 0.1) is 0 Å². The molecular formula is C11H20N2O4S. The van der Waals surface area contributed by atoms with Gasteiger partial charge in [0.05, 0.1) is 12.6 Å². The molecule has 104 valence electrons. The first-order chi connectivity index (χ1) is 8.56. The lowest BCUT2D eigenvalue weighted by Gasteiger charge is -2.33. The minimum Gasteiger partial charge on any atom is -0.480 e. The second-order valence-corrected chi connectivity index (χ2v) is 5.28. The zero-order valence-corrected chi connectivity index (χ0v) is 11.5. The van der Waals surface area contributed by atoms with Crippen LogP contribution in [0.4, 0.5) is 4.79 Å². The van der Waals surface area contributed by atoms with Crippen molar-refractivity contribution in [2.24, 2.45) is 0 Å². The van der Waals surface area contributed by atoms with Crippen molar-refractivity contribution in [2.75, 3.05) is 31.3 Å². The molecule has 0 aromatic carbocycles. The number of ether oxygens (including phenoxy) is 1. The first kappa shape index (κ1) is 15.1. The molecule has 7 heteroatoms. The highest BCUT2D eigenvalue weighted by atomic mass is 32.2. The topological polar surface area (TPSA) is 78.9 Å². The summed E-state index contributed by atoms with van der Waals surface area (Å²) in [6.07, 6.45) is 0. The predicted molar refractivity (Wildman–Crippen MR) is 69.9 cm³/mol. The standard InChI is InChI=1S/C11H20N2O4S/c1-3-17-6-8(2)12-11(16)13-4-5-18-7-9(13)10(14)15/h8-9H,3-7H2,1-2H3,(H,12,16)(H,14,15). The summed E-state index contributed by atoms with van der Waals surface area (Å²) in [5.41, 5.74) is 0. The van der Waals surface area contributed by atoms with E-state index < -0.39 is 12.0 Å². The number of hydrogen-bond donors (Lipinski definition) is 2. The van der Waals surface area contributed by atoms with E-state index in [4.69, 9.17) is 9.84 Å². The first-order valence-electron chi connectivity index (χ1n) is 6.01. The van der Waals surface area contributed by atoms with Crippen LogP contribution < -0.4 is 5.32 Å². The van der Waals surface area contributed by atoms with E-state index in [1.165, 1.54) is 4.90 Å². The van der Waals surface area contributed by atoms with Crippen LogP contribution >= 0.6 is 11.8 Å². The number of aliphatic carboxylic acids is 1. The highest BCUT2D eigenvalue weighted by Gasteiger charge is 2.32. The summed E-state index contributed by atoms with van der Waals surface area (Å²) in [5, 5.41) is 11.8. The zero-order chi connectivity index (χ0) is 13.5. The maximum Gasteiger partial charge on any atom is 0.327 e. The maximum absolute atomic E-state index is 12.0. The van der Waals surface area contributed by atoms with Gasteiger partial charge in [-0.3, -0.25) is 0 Å². The molecule has 0 radical (unpaired) electrons. The number of carboxylic acids is 1. The van der Waals surface area contributed by atoms with Crippen molar-refractivity contribution in [2.45, 2.75) is 25.9 Å². The van der Waals surface area contributed by atoms with E-state index in [-0.39, 0.29) is 12.1 Å². The Morgan fingerprint density at radius 2 is 2.33 bits per heavy atom. The molecule has 0 bridgehead atoms. The molecule has 1 rings (SSSR count). The van der Waals surface area contributed by atoms with Crippen molar-refractivity contribution in [3.63, 3.8) is 0 Å². The van der Waals surface area contributed by atoms with Crippen LogP contribution in [0.5, 0.6) is 0 Å². The maximum atomic E-state index is 12.0. The van der Waals surface area contributed by atoms with Gasteiger partial charge in [-0.15, -0.1) is 0 Å². The Morgan fingerprint density at radius 1 is 1.61 bits per heavy atom. The number of carbonyl (C=O) groups excluding carboxylic acids is 1. The summed E-state index contributed by atoms with van der Waals surface area (Å²) >= 11 is 1.56. The van der Waals surface area contributed by atoms with Crippen LogP contribution in [0.3, 0.4) is 0 Å². The van der Waals surface area contributed by atoms with Gasteiger partial charge >= 0.3 is 12.0 Å². The lowest BCUT2D eigenvalue weighted by molar-refractivity contribution is -0.141. The van der Waals surface area contributed by atoms with Crippen molar-refractivity contribution in [1.29, 1.82) is 0 Å². The third-order valence-electron chi connectivity index (χ3n) is 2.62. The van der Waals surface area contributed by atoms with E-state index in [2.05, 4.69) is 5.32 Å². The van der Waals surface area contributed by atoms with E-state index in [1.807, 2.05) is 13.8 Å². The number of carbonyl (C=O) groups is 2. The molecule has 2 atom stereocenters. The monoisotopic (exact) mass is 276 g/mol. The Bertz CT molecular complexity index is 301. The SMILES string of the molecule is CCOCC(C)NC(=O)N1CCSCC1C(=O)O. The number of amides is 2. The van der Waals surface area contributed by atoms with Gasteiger partial charge in [0, 0.05) is 24.7 Å². The van der Waals surface area contributed by atoms with E-state index >= 15 is 0 Å². The Labute approximate surface area is 111 Å². The highest BCUT2D eigenvalue weighted by molar-refractivity contribution is 7.99. The fourth-order valence-corrected chi connectivity index (χ4v) is 2.72. The van der Waals surface area contributed by atoms with Crippen LogP contribution in [0.2, 0.25) is 0 Å². The number of rotatable bonds is 5. The molecule has 2 N–H and O–H groups in total. The smallest absolute Gasteiger partial charge is 0.327 e. The van der Waals surface area contributed by atoms with Crippen LogP contribution in [0.15, 0.2) is 0 Å². The molecule has 1 fully saturated rings. The van der Waals surface area contributed by atoms with E-state index in [1.54, 1.807) is 11.8 Å². The van der Waals surface area contributed by atoms with Crippen molar-refractivity contribution >= 4 is 23.8 Å². The summed E-state index contributed by atoms with van der Waals surface area (Å²) in [6, 6.07) is -1.18. The molecule has 0 saturated carbocycles. The summed E-state index contributed by atoms with van der Waals surface area (Å²) in [7, 11) is 0. The van der Waals surface area contributed by atoms with Crippen LogP contribution in [-0.4, -0.2) is 65.4 Å². The summed E-state index contributed by atoms with van der Waals surface area (Å²) in [6.45, 7) is 5.22. The fourth-order valence-electron chi connectivity index (χ4n) is 1.68. The van der Waals surface area contributed by atoms with Gasteiger partial charge in [-0.25, -0.2) is 9.59 Å². The van der Waals surface area contributed by atoms with Gasteiger partial charge in [0.1, 0.15) is 6.04 Å². The van der Waals surface area contributed by atoms with E-state index in [9.17, 15) is 9.59 Å². The third-order valence-corrected chi connectivity index (χ3v) is 3.64. The average molecular weight is 276 g/mol. The predicted octanol–water partition coefficient (Wildman–Crippen LogP) is 0.623. The molecule has 6 nitrogen and oxygen atoms in total. The Kier molecular flexibility index (Phi) is 6.28. The molecule has 1 aliphatic heterocycles. The molecular weight excluding hydrogens is 256 g/mol. The fraction of sp³-hybridized carbons (Fsp3) is 0.818. The van der Waals surface area contributed by atoms with Crippen molar-refractivity contribution in [1.82, 2.24) is 10.2 Å². The number of nitrogens with one attached hydrogen (secondary N) is 1. The third kappa shape index (κ3) is 4.38. The molecule has 1 saturated heterocycles. The number of nitrogens with zero attached hydrogens (tertiary/aromatic N) is 1. The molecule has 0 aromatic rings. The van der Waals surface area contributed by atoms with Gasteiger partial charge in [-0.1, -0.05) is 0 Å². The van der Waals surface area contributed by atoms with Crippen molar-refractivity contribution in [3.8, 4) is 0 Å². The highest BCUT2D eigenvalue weighted by Crippen LogP contribution is 2.16. The number of urea groups is 1. The molecule has 1 heterocycles. The molecule has 0 aliphatic carbocycles. The van der Waals surface area contributed by atoms with Gasteiger partial charge in [0.25, 0.3) is 0 Å². The Morgan fingerprint density at radius 3 is 2.94 bits per heavy atom.